The van der Waals surface area contributed by atoms with E-state index in [1.165, 1.54) is 24.8 Å². The molecule has 108 valence electrons. The molecule has 2 bridgehead atoms. The molecule has 3 saturated carbocycles. The Balaban J connectivity index is 1.58. The zero-order chi connectivity index (χ0) is 14.1. The molecule has 3 nitrogen and oxygen atoms in total. The minimum Gasteiger partial charge on any atom is -0.380 e. The van der Waals surface area contributed by atoms with Crippen LogP contribution >= 0.6 is 0 Å². The lowest BCUT2D eigenvalue weighted by atomic mass is 9.96. The second kappa shape index (κ2) is 3.90. The smallest absolute Gasteiger partial charge is 0.175 e. The molecular formula is C18H20N2O. The van der Waals surface area contributed by atoms with E-state index in [0.717, 1.165) is 40.6 Å². The molecule has 1 aromatic heterocycles. The number of benzene rings is 1. The van der Waals surface area contributed by atoms with Crippen molar-refractivity contribution < 1.29 is 4.52 Å². The lowest BCUT2D eigenvalue weighted by molar-refractivity contribution is 0.365. The van der Waals surface area contributed by atoms with E-state index in [4.69, 9.17) is 10.3 Å². The van der Waals surface area contributed by atoms with Gasteiger partial charge in [-0.05, 0) is 55.4 Å². The molecule has 3 aliphatic carbocycles. The highest BCUT2D eigenvalue weighted by Gasteiger charge is 2.67. The molecule has 0 spiro atoms. The van der Waals surface area contributed by atoms with Gasteiger partial charge < -0.3 is 10.3 Å². The fraction of sp³-hybridized carbons (Fsp3) is 0.500. The Morgan fingerprint density at radius 1 is 1.19 bits per heavy atom. The number of nitrogen functional groups attached to an aromatic ring is 1. The summed E-state index contributed by atoms with van der Waals surface area (Å²) in [6, 6.07) is 8.49. The van der Waals surface area contributed by atoms with Crippen molar-refractivity contribution in [1.29, 1.82) is 0 Å². The monoisotopic (exact) mass is 280 g/mol. The van der Waals surface area contributed by atoms with Gasteiger partial charge in [0.1, 0.15) is 5.76 Å². The largest absolute Gasteiger partial charge is 0.380 e. The van der Waals surface area contributed by atoms with Crippen LogP contribution in [0.1, 0.15) is 36.5 Å². The Labute approximate surface area is 124 Å². The molecule has 0 aliphatic heterocycles. The topological polar surface area (TPSA) is 52.0 Å². The number of hydrogen-bond acceptors (Lipinski definition) is 3. The van der Waals surface area contributed by atoms with Crippen LogP contribution in [-0.4, -0.2) is 5.16 Å². The summed E-state index contributed by atoms with van der Waals surface area (Å²) in [6.45, 7) is 2.11. The normalized spacial score (nSPS) is 36.0. The molecule has 5 rings (SSSR count). The van der Waals surface area contributed by atoms with Gasteiger partial charge in [0.2, 0.25) is 0 Å². The van der Waals surface area contributed by atoms with Crippen LogP contribution < -0.4 is 5.73 Å². The van der Waals surface area contributed by atoms with E-state index < -0.39 is 0 Å². The summed E-state index contributed by atoms with van der Waals surface area (Å²) in [5.74, 6) is 5.75. The molecule has 1 heterocycles. The van der Waals surface area contributed by atoms with E-state index in [-0.39, 0.29) is 0 Å². The number of aromatic nitrogens is 1. The van der Waals surface area contributed by atoms with Gasteiger partial charge in [-0.1, -0.05) is 35.0 Å². The van der Waals surface area contributed by atoms with Crippen molar-refractivity contribution in [2.24, 2.45) is 23.7 Å². The van der Waals surface area contributed by atoms with Gasteiger partial charge in [-0.25, -0.2) is 0 Å². The Morgan fingerprint density at radius 2 is 1.95 bits per heavy atom. The van der Waals surface area contributed by atoms with Crippen LogP contribution in [-0.2, 0) is 0 Å². The first-order chi connectivity index (χ1) is 10.2. The summed E-state index contributed by atoms with van der Waals surface area (Å²) in [5, 5.41) is 4.08. The highest BCUT2D eigenvalue weighted by atomic mass is 16.5. The van der Waals surface area contributed by atoms with Gasteiger partial charge in [-0.3, -0.25) is 0 Å². The average molecular weight is 280 g/mol. The predicted octanol–water partition coefficient (Wildman–Crippen LogP) is 3.99. The van der Waals surface area contributed by atoms with Crippen molar-refractivity contribution in [1.82, 2.24) is 5.16 Å². The van der Waals surface area contributed by atoms with Crippen molar-refractivity contribution >= 4 is 5.82 Å². The molecule has 0 amide bonds. The first kappa shape index (κ1) is 11.8. The fourth-order valence-corrected chi connectivity index (χ4v) is 5.31. The van der Waals surface area contributed by atoms with Crippen molar-refractivity contribution in [3.63, 3.8) is 0 Å². The zero-order valence-corrected chi connectivity index (χ0v) is 12.3. The van der Waals surface area contributed by atoms with Gasteiger partial charge in [0.05, 0.1) is 5.56 Å². The summed E-state index contributed by atoms with van der Waals surface area (Å²) in [5.41, 5.74) is 9.57. The summed E-state index contributed by atoms with van der Waals surface area (Å²) in [7, 11) is 0. The number of aryl methyl sites for hydroxylation is 1. The highest BCUT2D eigenvalue weighted by molar-refractivity contribution is 5.77. The summed E-state index contributed by atoms with van der Waals surface area (Å²) in [6.07, 6.45) is 4.30. The number of nitrogens with two attached hydrogens (primary N) is 1. The number of fused-ring (bicyclic) bond motifs is 5. The third kappa shape index (κ3) is 1.52. The molecule has 2 N–H and O–H groups in total. The Morgan fingerprint density at radius 3 is 2.67 bits per heavy atom. The van der Waals surface area contributed by atoms with Gasteiger partial charge >= 0.3 is 0 Å². The van der Waals surface area contributed by atoms with Crippen molar-refractivity contribution in [3.05, 3.63) is 35.6 Å². The second-order valence-electron chi connectivity index (χ2n) is 7.19. The Hall–Kier alpha value is -1.77. The van der Waals surface area contributed by atoms with E-state index in [0.29, 0.717) is 11.7 Å². The maximum Gasteiger partial charge on any atom is 0.175 e. The molecule has 0 radical (unpaired) electrons. The summed E-state index contributed by atoms with van der Waals surface area (Å²) < 4.78 is 5.70. The minimum absolute atomic E-state index is 0.549. The van der Waals surface area contributed by atoms with Gasteiger partial charge in [0.15, 0.2) is 5.82 Å². The van der Waals surface area contributed by atoms with Gasteiger partial charge in [0, 0.05) is 5.92 Å². The summed E-state index contributed by atoms with van der Waals surface area (Å²) >= 11 is 0. The molecule has 0 saturated heterocycles. The first-order valence-corrected chi connectivity index (χ1v) is 8.06. The molecule has 21 heavy (non-hydrogen) atoms. The molecule has 4 atom stereocenters. The predicted molar refractivity (Wildman–Crippen MR) is 81.6 cm³/mol. The van der Waals surface area contributed by atoms with Crippen molar-refractivity contribution in [2.75, 3.05) is 5.73 Å². The lowest BCUT2D eigenvalue weighted by Crippen LogP contribution is -1.98. The van der Waals surface area contributed by atoms with Crippen LogP contribution in [0.2, 0.25) is 0 Å². The quantitative estimate of drug-likeness (QED) is 0.904. The van der Waals surface area contributed by atoms with Gasteiger partial charge in [-0.2, -0.15) is 0 Å². The van der Waals surface area contributed by atoms with Crippen LogP contribution in [0.5, 0.6) is 0 Å². The number of rotatable bonds is 2. The molecule has 1 aromatic carbocycles. The standard InChI is InChI=1S/C18H20N2O/c1-9-3-2-4-10(7-9)15-17(21-20-18(15)19)16-13-11-5-6-12(8-11)14(13)16/h2-4,7,11-14,16H,5-6,8H2,1H3,(H2,19,20). The number of hydrogen-bond donors (Lipinski definition) is 1. The highest BCUT2D eigenvalue weighted by Crippen LogP contribution is 2.73. The SMILES string of the molecule is Cc1cccc(-c2c(N)noc2C2C3C4CCC(C4)C23)c1. The lowest BCUT2D eigenvalue weighted by Gasteiger charge is -2.08. The molecule has 3 heteroatoms. The van der Waals surface area contributed by atoms with Gasteiger partial charge in [-0.15, -0.1) is 0 Å². The second-order valence-corrected chi connectivity index (χ2v) is 7.19. The summed E-state index contributed by atoms with van der Waals surface area (Å²) in [4.78, 5) is 0. The molecule has 2 aromatic rings. The number of nitrogens with zero attached hydrogens (tertiary/aromatic N) is 1. The maximum absolute atomic E-state index is 6.12. The average Bonchev–Trinajstić information content (AvgIpc) is 2.80. The van der Waals surface area contributed by atoms with E-state index in [1.54, 1.807) is 0 Å². The fourth-order valence-electron chi connectivity index (χ4n) is 5.31. The van der Waals surface area contributed by atoms with E-state index >= 15 is 0 Å². The third-order valence-corrected chi connectivity index (χ3v) is 6.09. The zero-order valence-electron chi connectivity index (χ0n) is 12.3. The van der Waals surface area contributed by atoms with Crippen LogP contribution in [0.4, 0.5) is 5.82 Å². The van der Waals surface area contributed by atoms with Crippen LogP contribution in [0.25, 0.3) is 11.1 Å². The van der Waals surface area contributed by atoms with Crippen molar-refractivity contribution in [3.8, 4) is 11.1 Å². The Bertz CT molecular complexity index is 704. The minimum atomic E-state index is 0.549. The Kier molecular flexibility index (Phi) is 2.20. The molecule has 4 unspecified atom stereocenters. The maximum atomic E-state index is 6.12. The van der Waals surface area contributed by atoms with E-state index in [9.17, 15) is 0 Å². The van der Waals surface area contributed by atoms with E-state index in [2.05, 4.69) is 36.3 Å². The molecular weight excluding hydrogens is 260 g/mol. The molecule has 3 fully saturated rings. The van der Waals surface area contributed by atoms with Crippen LogP contribution in [0.15, 0.2) is 28.8 Å². The van der Waals surface area contributed by atoms with Crippen molar-refractivity contribution in [2.45, 2.75) is 32.1 Å². The number of anilines is 1. The van der Waals surface area contributed by atoms with Gasteiger partial charge in [0.25, 0.3) is 0 Å². The first-order valence-electron chi connectivity index (χ1n) is 8.06. The molecule has 3 aliphatic rings. The van der Waals surface area contributed by atoms with Crippen LogP contribution in [0, 0.1) is 30.6 Å². The third-order valence-electron chi connectivity index (χ3n) is 6.09. The van der Waals surface area contributed by atoms with E-state index in [1.807, 2.05) is 0 Å². The van der Waals surface area contributed by atoms with Crippen LogP contribution in [0.3, 0.4) is 0 Å².